The van der Waals surface area contributed by atoms with Crippen molar-refractivity contribution in [2.75, 3.05) is 0 Å². The first-order valence-electron chi connectivity index (χ1n) is 7.36. The van der Waals surface area contributed by atoms with Crippen molar-refractivity contribution in [3.8, 4) is 0 Å². The largest absolute Gasteiger partial charge is 0.256 e. The number of aromatic nitrogens is 2. The van der Waals surface area contributed by atoms with Crippen molar-refractivity contribution in [2.24, 2.45) is 0 Å². The fourth-order valence-electron chi connectivity index (χ4n) is 3.30. The van der Waals surface area contributed by atoms with Crippen LogP contribution in [0.1, 0.15) is 0 Å². The summed E-state index contributed by atoms with van der Waals surface area (Å²) in [6.45, 7) is 0. The molecule has 0 aliphatic heterocycles. The summed E-state index contributed by atoms with van der Waals surface area (Å²) in [6.07, 6.45) is 3.82. The van der Waals surface area contributed by atoms with Crippen LogP contribution in [0.25, 0.3) is 43.4 Å². The van der Waals surface area contributed by atoms with Crippen LogP contribution in [0.4, 0.5) is 0 Å². The van der Waals surface area contributed by atoms with Gasteiger partial charge < -0.3 is 0 Å². The maximum atomic E-state index is 4.65. The molecule has 0 bridgehead atoms. The van der Waals surface area contributed by atoms with E-state index in [-0.39, 0.29) is 0 Å². The number of fused-ring (bicyclic) bond motifs is 7. The van der Waals surface area contributed by atoms with Crippen LogP contribution >= 0.6 is 0 Å². The lowest BCUT2D eigenvalue weighted by Gasteiger charge is -2.09. The standard InChI is InChI=1S/C20H12N2/c1-2-6-17-16(5-1)18-15(12-22-17)10-8-13-7-9-14-4-3-11-21-20(14)19(13)18/h1-12H. The molecule has 2 heterocycles. The van der Waals surface area contributed by atoms with Gasteiger partial charge in [-0.25, -0.2) is 0 Å². The highest BCUT2D eigenvalue weighted by atomic mass is 14.7. The zero-order valence-corrected chi connectivity index (χ0v) is 11.8. The lowest BCUT2D eigenvalue weighted by molar-refractivity contribution is 1.43. The van der Waals surface area contributed by atoms with Gasteiger partial charge in [-0.15, -0.1) is 0 Å². The van der Waals surface area contributed by atoms with Crippen LogP contribution in [0.2, 0.25) is 0 Å². The smallest absolute Gasteiger partial charge is 0.0786 e. The normalized spacial score (nSPS) is 11.6. The van der Waals surface area contributed by atoms with Gasteiger partial charge in [0.2, 0.25) is 0 Å². The third-order valence-corrected chi connectivity index (χ3v) is 4.30. The molecule has 3 aromatic carbocycles. The molecule has 0 radical (unpaired) electrons. The van der Waals surface area contributed by atoms with Crippen molar-refractivity contribution in [1.29, 1.82) is 0 Å². The molecule has 2 aromatic heterocycles. The van der Waals surface area contributed by atoms with Gasteiger partial charge >= 0.3 is 0 Å². The summed E-state index contributed by atoms with van der Waals surface area (Å²) in [5.74, 6) is 0. The molecular weight excluding hydrogens is 268 g/mol. The lowest BCUT2D eigenvalue weighted by Crippen LogP contribution is -1.87. The summed E-state index contributed by atoms with van der Waals surface area (Å²) >= 11 is 0. The van der Waals surface area contributed by atoms with E-state index < -0.39 is 0 Å². The van der Waals surface area contributed by atoms with Crippen LogP contribution in [-0.2, 0) is 0 Å². The average Bonchev–Trinajstić information content (AvgIpc) is 2.60. The second kappa shape index (κ2) is 4.25. The van der Waals surface area contributed by atoms with E-state index >= 15 is 0 Å². The summed E-state index contributed by atoms with van der Waals surface area (Å²) in [5.41, 5.74) is 2.08. The van der Waals surface area contributed by atoms with E-state index in [9.17, 15) is 0 Å². The molecule has 5 aromatic rings. The summed E-state index contributed by atoms with van der Waals surface area (Å²) in [4.78, 5) is 9.22. The van der Waals surface area contributed by atoms with Crippen molar-refractivity contribution >= 4 is 43.4 Å². The third-order valence-electron chi connectivity index (χ3n) is 4.30. The highest BCUT2D eigenvalue weighted by molar-refractivity contribution is 6.25. The van der Waals surface area contributed by atoms with E-state index in [0.717, 1.165) is 16.4 Å². The first-order valence-corrected chi connectivity index (χ1v) is 7.36. The molecule has 5 rings (SSSR count). The highest BCUT2D eigenvalue weighted by Crippen LogP contribution is 2.34. The topological polar surface area (TPSA) is 25.8 Å². The van der Waals surface area contributed by atoms with E-state index in [1.54, 1.807) is 0 Å². The molecule has 0 N–H and O–H groups in total. The number of hydrogen-bond acceptors (Lipinski definition) is 2. The maximum absolute atomic E-state index is 4.65. The monoisotopic (exact) mass is 280 g/mol. The van der Waals surface area contributed by atoms with Gasteiger partial charge in [0.1, 0.15) is 0 Å². The molecule has 2 nitrogen and oxygen atoms in total. The van der Waals surface area contributed by atoms with Crippen molar-refractivity contribution in [2.45, 2.75) is 0 Å². The van der Waals surface area contributed by atoms with Gasteiger partial charge in [-0.1, -0.05) is 48.5 Å². The second-order valence-electron chi connectivity index (χ2n) is 5.54. The molecule has 2 heteroatoms. The Morgan fingerprint density at radius 3 is 2.36 bits per heavy atom. The number of hydrogen-bond donors (Lipinski definition) is 0. The molecule has 0 saturated carbocycles. The maximum Gasteiger partial charge on any atom is 0.0786 e. The van der Waals surface area contributed by atoms with E-state index in [4.69, 9.17) is 0 Å². The predicted octanol–water partition coefficient (Wildman–Crippen LogP) is 5.09. The zero-order valence-electron chi connectivity index (χ0n) is 11.8. The van der Waals surface area contributed by atoms with Crippen molar-refractivity contribution in [3.05, 3.63) is 73.1 Å². The lowest BCUT2D eigenvalue weighted by atomic mass is 9.97. The zero-order chi connectivity index (χ0) is 14.5. The molecule has 0 aliphatic rings. The van der Waals surface area contributed by atoms with Crippen LogP contribution in [0.3, 0.4) is 0 Å². The van der Waals surface area contributed by atoms with Gasteiger partial charge in [-0.05, 0) is 17.5 Å². The Kier molecular flexibility index (Phi) is 2.25. The number of benzene rings is 3. The number of para-hydroxylation sites is 1. The quantitative estimate of drug-likeness (QED) is 0.369. The Bertz CT molecular complexity index is 1070. The SMILES string of the molecule is c1cnc2c(c1)ccc1ccc3cnc4ccccc4c3c12. The van der Waals surface area contributed by atoms with Gasteiger partial charge in [-0.3, -0.25) is 9.97 Å². The van der Waals surface area contributed by atoms with E-state index in [1.807, 2.05) is 24.5 Å². The average molecular weight is 280 g/mol. The van der Waals surface area contributed by atoms with Gasteiger partial charge in [-0.2, -0.15) is 0 Å². The van der Waals surface area contributed by atoms with Crippen LogP contribution in [0.5, 0.6) is 0 Å². The Balaban J connectivity index is 2.19. The Morgan fingerprint density at radius 2 is 1.41 bits per heavy atom. The molecule has 0 amide bonds. The van der Waals surface area contributed by atoms with Crippen molar-refractivity contribution in [1.82, 2.24) is 9.97 Å². The molecule has 0 aliphatic carbocycles. The van der Waals surface area contributed by atoms with Crippen molar-refractivity contribution in [3.63, 3.8) is 0 Å². The third kappa shape index (κ3) is 1.49. The van der Waals surface area contributed by atoms with Crippen LogP contribution in [0.15, 0.2) is 73.1 Å². The van der Waals surface area contributed by atoms with Gasteiger partial charge in [0.25, 0.3) is 0 Å². The molecule has 0 atom stereocenters. The Labute approximate surface area is 127 Å². The molecule has 0 fully saturated rings. The minimum Gasteiger partial charge on any atom is -0.256 e. The Hall–Kier alpha value is -3.00. The van der Waals surface area contributed by atoms with E-state index in [0.29, 0.717) is 0 Å². The van der Waals surface area contributed by atoms with Gasteiger partial charge in [0.05, 0.1) is 11.0 Å². The Morgan fingerprint density at radius 1 is 0.591 bits per heavy atom. The summed E-state index contributed by atoms with van der Waals surface area (Å²) in [6, 6.07) is 21.0. The molecule has 102 valence electrons. The van der Waals surface area contributed by atoms with Gasteiger partial charge in [0.15, 0.2) is 0 Å². The first-order chi connectivity index (χ1) is 10.9. The van der Waals surface area contributed by atoms with Crippen LogP contribution < -0.4 is 0 Å². The predicted molar refractivity (Wildman–Crippen MR) is 92.1 cm³/mol. The number of nitrogens with zero attached hydrogens (tertiary/aromatic N) is 2. The van der Waals surface area contributed by atoms with Gasteiger partial charge in [0, 0.05) is 39.3 Å². The molecule has 0 saturated heterocycles. The van der Waals surface area contributed by atoms with Crippen LogP contribution in [0, 0.1) is 0 Å². The molecular formula is C20H12N2. The summed E-state index contributed by atoms with van der Waals surface area (Å²) in [5, 5.41) is 7.19. The number of rotatable bonds is 0. The molecule has 22 heavy (non-hydrogen) atoms. The molecule has 0 spiro atoms. The second-order valence-corrected chi connectivity index (χ2v) is 5.54. The highest BCUT2D eigenvalue weighted by Gasteiger charge is 2.09. The fraction of sp³-hybridized carbons (Fsp3) is 0. The van der Waals surface area contributed by atoms with E-state index in [1.165, 1.54) is 26.9 Å². The fourth-order valence-corrected chi connectivity index (χ4v) is 3.30. The van der Waals surface area contributed by atoms with E-state index in [2.05, 4.69) is 58.5 Å². The van der Waals surface area contributed by atoms with Crippen molar-refractivity contribution < 1.29 is 0 Å². The summed E-state index contributed by atoms with van der Waals surface area (Å²) < 4.78 is 0. The minimum atomic E-state index is 1.02. The minimum absolute atomic E-state index is 1.02. The first kappa shape index (κ1) is 11.6. The summed E-state index contributed by atoms with van der Waals surface area (Å²) in [7, 11) is 0. The molecule has 0 unspecified atom stereocenters. The van der Waals surface area contributed by atoms with Crippen LogP contribution in [-0.4, -0.2) is 9.97 Å². The number of pyridine rings is 2.